The molecular weight excluding hydrogens is 196 g/mol. The zero-order valence-electron chi connectivity index (χ0n) is 7.60. The molecule has 3 nitrogen and oxygen atoms in total. The van der Waals surface area contributed by atoms with Crippen LogP contribution in [-0.2, 0) is 6.61 Å². The quantitative estimate of drug-likeness (QED) is 0.818. The van der Waals surface area contributed by atoms with Gasteiger partial charge in [-0.2, -0.15) is 0 Å². The summed E-state index contributed by atoms with van der Waals surface area (Å²) in [7, 11) is 0. The molecule has 4 heteroatoms. The topological polar surface area (TPSA) is 46.0 Å². The van der Waals surface area contributed by atoms with Crippen LogP contribution in [0, 0.1) is 0 Å². The molecule has 2 aromatic rings. The first-order valence-corrected chi connectivity index (χ1v) is 5.54. The van der Waals surface area contributed by atoms with Crippen molar-refractivity contribution >= 4 is 21.7 Å². The molecule has 0 aliphatic heterocycles. The van der Waals surface area contributed by atoms with Crippen molar-refractivity contribution in [2.75, 3.05) is 0 Å². The average Bonchev–Trinajstić information content (AvgIpc) is 2.97. The van der Waals surface area contributed by atoms with Gasteiger partial charge in [0, 0.05) is 4.88 Å². The second-order valence-electron chi connectivity index (χ2n) is 3.63. The third-order valence-corrected chi connectivity index (χ3v) is 3.64. The van der Waals surface area contributed by atoms with Gasteiger partial charge >= 0.3 is 0 Å². The van der Waals surface area contributed by atoms with E-state index >= 15 is 0 Å². The lowest BCUT2D eigenvalue weighted by molar-refractivity contribution is 0.277. The lowest BCUT2D eigenvalue weighted by atomic mass is 10.3. The summed E-state index contributed by atoms with van der Waals surface area (Å²) in [5, 5.41) is 8.93. The average molecular weight is 206 g/mol. The van der Waals surface area contributed by atoms with Gasteiger partial charge < -0.3 is 5.11 Å². The van der Waals surface area contributed by atoms with Gasteiger partial charge in [-0.15, -0.1) is 11.3 Å². The van der Waals surface area contributed by atoms with Crippen LogP contribution in [-0.4, -0.2) is 15.1 Å². The van der Waals surface area contributed by atoms with Crippen LogP contribution in [0.5, 0.6) is 0 Å². The highest BCUT2D eigenvalue weighted by Crippen LogP contribution is 2.44. The summed E-state index contributed by atoms with van der Waals surface area (Å²) < 4.78 is 0. The molecule has 72 valence electrons. The summed E-state index contributed by atoms with van der Waals surface area (Å²) in [4.78, 5) is 11.0. The van der Waals surface area contributed by atoms with Gasteiger partial charge in [-0.05, 0) is 24.8 Å². The second kappa shape index (κ2) is 3.00. The Morgan fingerprint density at radius 3 is 3.07 bits per heavy atom. The molecule has 2 aromatic heterocycles. The van der Waals surface area contributed by atoms with Crippen LogP contribution >= 0.6 is 11.3 Å². The number of fused-ring (bicyclic) bond motifs is 1. The van der Waals surface area contributed by atoms with Crippen LogP contribution in [0.25, 0.3) is 10.3 Å². The molecule has 2 heterocycles. The van der Waals surface area contributed by atoms with Gasteiger partial charge in [0.1, 0.15) is 10.3 Å². The summed E-state index contributed by atoms with van der Waals surface area (Å²) in [6.07, 6.45) is 4.26. The Hall–Kier alpha value is -1.00. The van der Waals surface area contributed by atoms with E-state index in [0.29, 0.717) is 5.69 Å². The van der Waals surface area contributed by atoms with Crippen molar-refractivity contribution in [2.45, 2.75) is 25.4 Å². The number of aromatic nitrogens is 2. The van der Waals surface area contributed by atoms with Crippen LogP contribution in [0.1, 0.15) is 29.3 Å². The third-order valence-electron chi connectivity index (χ3n) is 2.45. The van der Waals surface area contributed by atoms with E-state index in [2.05, 4.69) is 16.0 Å². The first kappa shape index (κ1) is 8.32. The standard InChI is InChI=1S/C10H10N2OS/c13-5-7-4-11-10-8(12-7)3-9(14-10)6-1-2-6/h3-4,6,13H,1-2,5H2. The fourth-order valence-corrected chi connectivity index (χ4v) is 2.64. The summed E-state index contributed by atoms with van der Waals surface area (Å²) >= 11 is 1.73. The predicted molar refractivity (Wildman–Crippen MR) is 55.3 cm³/mol. The van der Waals surface area contributed by atoms with Gasteiger partial charge in [-0.1, -0.05) is 0 Å². The van der Waals surface area contributed by atoms with E-state index in [1.165, 1.54) is 17.7 Å². The molecule has 0 spiro atoms. The maximum atomic E-state index is 8.93. The Bertz CT molecular complexity index is 476. The molecule has 0 saturated heterocycles. The lowest BCUT2D eigenvalue weighted by Crippen LogP contribution is -1.89. The Balaban J connectivity index is 2.12. The Morgan fingerprint density at radius 2 is 2.36 bits per heavy atom. The maximum Gasteiger partial charge on any atom is 0.142 e. The van der Waals surface area contributed by atoms with Gasteiger partial charge in [-0.3, -0.25) is 0 Å². The van der Waals surface area contributed by atoms with Gasteiger partial charge in [-0.25, -0.2) is 9.97 Å². The molecule has 1 saturated carbocycles. The number of rotatable bonds is 2. The van der Waals surface area contributed by atoms with E-state index < -0.39 is 0 Å². The number of aliphatic hydroxyl groups excluding tert-OH is 1. The Labute approximate surface area is 85.4 Å². The Kier molecular flexibility index (Phi) is 1.78. The molecule has 3 rings (SSSR count). The summed E-state index contributed by atoms with van der Waals surface area (Å²) in [6, 6.07) is 2.11. The summed E-state index contributed by atoms with van der Waals surface area (Å²) in [5.74, 6) is 0.758. The molecule has 0 radical (unpaired) electrons. The van der Waals surface area contributed by atoms with E-state index in [1.807, 2.05) is 0 Å². The summed E-state index contributed by atoms with van der Waals surface area (Å²) in [5.41, 5.74) is 1.58. The van der Waals surface area contributed by atoms with Gasteiger partial charge in [0.2, 0.25) is 0 Å². The highest BCUT2D eigenvalue weighted by molar-refractivity contribution is 7.18. The molecule has 1 N–H and O–H groups in total. The van der Waals surface area contributed by atoms with Crippen LogP contribution in [0.15, 0.2) is 12.3 Å². The normalized spacial score (nSPS) is 16.4. The SMILES string of the molecule is OCc1cnc2sc(C3CC3)cc2n1. The van der Waals surface area contributed by atoms with Gasteiger partial charge in [0.05, 0.1) is 18.5 Å². The number of hydrogen-bond donors (Lipinski definition) is 1. The first-order valence-electron chi connectivity index (χ1n) is 4.73. The molecule has 0 bridgehead atoms. The van der Waals surface area contributed by atoms with Crippen molar-refractivity contribution in [3.05, 3.63) is 22.8 Å². The molecule has 14 heavy (non-hydrogen) atoms. The lowest BCUT2D eigenvalue weighted by Gasteiger charge is -1.92. The minimum absolute atomic E-state index is 0.0302. The number of thiophene rings is 1. The van der Waals surface area contributed by atoms with Crippen LogP contribution in [0.3, 0.4) is 0 Å². The van der Waals surface area contributed by atoms with E-state index in [9.17, 15) is 0 Å². The fourth-order valence-electron chi connectivity index (χ4n) is 1.52. The van der Waals surface area contributed by atoms with E-state index in [4.69, 9.17) is 5.11 Å². The van der Waals surface area contributed by atoms with Gasteiger partial charge in [0.15, 0.2) is 0 Å². The molecule has 0 unspecified atom stereocenters. The van der Waals surface area contributed by atoms with Crippen molar-refractivity contribution < 1.29 is 5.11 Å². The first-order chi connectivity index (χ1) is 6.86. The van der Waals surface area contributed by atoms with Crippen molar-refractivity contribution in [2.24, 2.45) is 0 Å². The number of aliphatic hydroxyl groups is 1. The molecule has 0 aromatic carbocycles. The number of nitrogens with zero attached hydrogens (tertiary/aromatic N) is 2. The monoisotopic (exact) mass is 206 g/mol. The third kappa shape index (κ3) is 1.31. The molecular formula is C10H10N2OS. The zero-order chi connectivity index (χ0) is 9.54. The molecule has 1 aliphatic carbocycles. The molecule has 1 aliphatic rings. The van der Waals surface area contributed by atoms with Crippen molar-refractivity contribution in [1.29, 1.82) is 0 Å². The van der Waals surface area contributed by atoms with E-state index in [1.54, 1.807) is 17.5 Å². The van der Waals surface area contributed by atoms with Crippen molar-refractivity contribution in [3.63, 3.8) is 0 Å². The van der Waals surface area contributed by atoms with E-state index in [-0.39, 0.29) is 6.61 Å². The maximum absolute atomic E-state index is 8.93. The molecule has 0 atom stereocenters. The van der Waals surface area contributed by atoms with Gasteiger partial charge in [0.25, 0.3) is 0 Å². The highest BCUT2D eigenvalue weighted by atomic mass is 32.1. The van der Waals surface area contributed by atoms with Crippen molar-refractivity contribution in [1.82, 2.24) is 9.97 Å². The Morgan fingerprint density at radius 1 is 1.50 bits per heavy atom. The largest absolute Gasteiger partial charge is 0.390 e. The number of hydrogen-bond acceptors (Lipinski definition) is 4. The predicted octanol–water partition coefficient (Wildman–Crippen LogP) is 2.06. The smallest absolute Gasteiger partial charge is 0.142 e. The zero-order valence-corrected chi connectivity index (χ0v) is 8.42. The van der Waals surface area contributed by atoms with Crippen molar-refractivity contribution in [3.8, 4) is 0 Å². The molecule has 0 amide bonds. The van der Waals surface area contributed by atoms with Crippen LogP contribution < -0.4 is 0 Å². The minimum Gasteiger partial charge on any atom is -0.390 e. The molecule has 1 fully saturated rings. The van der Waals surface area contributed by atoms with E-state index in [0.717, 1.165) is 16.3 Å². The van der Waals surface area contributed by atoms with Crippen LogP contribution in [0.2, 0.25) is 0 Å². The fraction of sp³-hybridized carbons (Fsp3) is 0.400. The highest BCUT2D eigenvalue weighted by Gasteiger charge is 2.25. The van der Waals surface area contributed by atoms with Crippen LogP contribution in [0.4, 0.5) is 0 Å². The minimum atomic E-state index is -0.0302. The second-order valence-corrected chi connectivity index (χ2v) is 4.70. The summed E-state index contributed by atoms with van der Waals surface area (Å²) in [6.45, 7) is -0.0302.